The minimum atomic E-state index is -0.293. The Morgan fingerprint density at radius 2 is 1.95 bits per heavy atom. The van der Waals surface area contributed by atoms with E-state index in [0.29, 0.717) is 5.92 Å². The van der Waals surface area contributed by atoms with E-state index in [9.17, 15) is 5.11 Å². The summed E-state index contributed by atoms with van der Waals surface area (Å²) in [6.07, 6.45) is 9.08. The molecule has 0 aromatic carbocycles. The average molecular weight is 299 g/mol. The molecular formula is C16H23ClOS. The second-order valence-corrected chi connectivity index (χ2v) is 8.11. The average Bonchev–Trinajstić information content (AvgIpc) is 2.77. The van der Waals surface area contributed by atoms with Gasteiger partial charge in [-0.25, -0.2) is 0 Å². The van der Waals surface area contributed by atoms with Gasteiger partial charge in [-0.15, -0.1) is 11.3 Å². The molecule has 0 radical (unpaired) electrons. The maximum absolute atomic E-state index is 10.6. The molecule has 0 bridgehead atoms. The van der Waals surface area contributed by atoms with Crippen molar-refractivity contribution in [1.82, 2.24) is 0 Å². The van der Waals surface area contributed by atoms with Crippen LogP contribution in [0.25, 0.3) is 0 Å². The molecule has 1 aromatic rings. The maximum atomic E-state index is 10.6. The van der Waals surface area contributed by atoms with Crippen molar-refractivity contribution in [2.75, 3.05) is 0 Å². The first-order valence-electron chi connectivity index (χ1n) is 7.59. The SMILES string of the molecule is Cc1cc(C(O)C2CCC3CCCCC3C2)sc1Cl. The van der Waals surface area contributed by atoms with Crippen molar-refractivity contribution in [3.05, 3.63) is 20.8 Å². The fourth-order valence-electron chi connectivity index (χ4n) is 4.06. The zero-order valence-corrected chi connectivity index (χ0v) is 13.1. The third-order valence-corrected chi connectivity index (χ3v) is 6.82. The number of aliphatic hydroxyl groups is 1. The van der Waals surface area contributed by atoms with Crippen LogP contribution < -0.4 is 0 Å². The largest absolute Gasteiger partial charge is 0.387 e. The molecule has 1 heterocycles. The van der Waals surface area contributed by atoms with E-state index in [1.54, 1.807) is 11.3 Å². The highest BCUT2D eigenvalue weighted by Gasteiger charge is 2.35. The number of halogens is 1. The van der Waals surface area contributed by atoms with Gasteiger partial charge in [-0.05, 0) is 55.6 Å². The van der Waals surface area contributed by atoms with Crippen molar-refractivity contribution >= 4 is 22.9 Å². The Balaban J connectivity index is 1.68. The van der Waals surface area contributed by atoms with Crippen molar-refractivity contribution in [3.63, 3.8) is 0 Å². The van der Waals surface area contributed by atoms with Crippen molar-refractivity contribution in [2.24, 2.45) is 17.8 Å². The van der Waals surface area contributed by atoms with Crippen LogP contribution >= 0.6 is 22.9 Å². The molecule has 2 aliphatic rings. The third-order valence-electron chi connectivity index (χ3n) is 5.19. The molecular weight excluding hydrogens is 276 g/mol. The molecule has 19 heavy (non-hydrogen) atoms. The quantitative estimate of drug-likeness (QED) is 0.780. The molecule has 4 unspecified atom stereocenters. The zero-order valence-electron chi connectivity index (χ0n) is 11.6. The van der Waals surface area contributed by atoms with Crippen LogP contribution in [0.4, 0.5) is 0 Å². The first kappa shape index (κ1) is 13.9. The summed E-state index contributed by atoms with van der Waals surface area (Å²) in [6, 6.07) is 2.07. The predicted octanol–water partition coefficient (Wildman–Crippen LogP) is 5.35. The van der Waals surface area contributed by atoms with Crippen LogP contribution in [0.1, 0.15) is 61.5 Å². The number of aliphatic hydroxyl groups excluding tert-OH is 1. The van der Waals surface area contributed by atoms with E-state index in [2.05, 4.69) is 6.07 Å². The van der Waals surface area contributed by atoms with Crippen LogP contribution in [0.2, 0.25) is 4.34 Å². The maximum Gasteiger partial charge on any atom is 0.0961 e. The van der Waals surface area contributed by atoms with Gasteiger partial charge in [0.15, 0.2) is 0 Å². The van der Waals surface area contributed by atoms with Crippen LogP contribution in [0, 0.1) is 24.7 Å². The molecule has 0 saturated heterocycles. The van der Waals surface area contributed by atoms with Gasteiger partial charge in [0.25, 0.3) is 0 Å². The van der Waals surface area contributed by atoms with E-state index in [4.69, 9.17) is 11.6 Å². The second kappa shape index (κ2) is 5.75. The van der Waals surface area contributed by atoms with Crippen molar-refractivity contribution in [3.8, 4) is 0 Å². The van der Waals surface area contributed by atoms with Crippen LogP contribution in [-0.2, 0) is 0 Å². The van der Waals surface area contributed by atoms with Crippen molar-refractivity contribution in [1.29, 1.82) is 0 Å². The van der Waals surface area contributed by atoms with Crippen LogP contribution in [-0.4, -0.2) is 5.11 Å². The lowest BCUT2D eigenvalue weighted by Crippen LogP contribution is -2.30. The van der Waals surface area contributed by atoms with Crippen LogP contribution in [0.5, 0.6) is 0 Å². The monoisotopic (exact) mass is 298 g/mol. The Morgan fingerprint density at radius 3 is 2.63 bits per heavy atom. The van der Waals surface area contributed by atoms with Crippen molar-refractivity contribution < 1.29 is 5.11 Å². The van der Waals surface area contributed by atoms with Gasteiger partial charge in [-0.1, -0.05) is 37.3 Å². The number of fused-ring (bicyclic) bond motifs is 1. The summed E-state index contributed by atoms with van der Waals surface area (Å²) in [6.45, 7) is 2.02. The van der Waals surface area contributed by atoms with Gasteiger partial charge in [0, 0.05) is 4.88 Å². The number of aryl methyl sites for hydroxylation is 1. The van der Waals surface area contributed by atoms with Gasteiger partial charge in [-0.2, -0.15) is 0 Å². The smallest absolute Gasteiger partial charge is 0.0961 e. The van der Waals surface area contributed by atoms with Gasteiger partial charge < -0.3 is 5.11 Å². The first-order valence-corrected chi connectivity index (χ1v) is 8.78. The number of hydrogen-bond acceptors (Lipinski definition) is 2. The molecule has 3 heteroatoms. The molecule has 2 saturated carbocycles. The van der Waals surface area contributed by atoms with E-state index in [1.807, 2.05) is 6.92 Å². The zero-order chi connectivity index (χ0) is 13.4. The Bertz CT molecular complexity index is 422. The molecule has 2 aliphatic carbocycles. The molecule has 0 amide bonds. The predicted molar refractivity (Wildman–Crippen MR) is 81.8 cm³/mol. The molecule has 0 spiro atoms. The standard InChI is InChI=1S/C16H23ClOS/c1-10-8-14(19-16(10)17)15(18)13-7-6-11-4-2-3-5-12(11)9-13/h8,11-13,15,18H,2-7,9H2,1H3. The Hall–Kier alpha value is -0.0500. The van der Waals surface area contributed by atoms with Crippen LogP contribution in [0.3, 0.4) is 0 Å². The molecule has 3 rings (SSSR count). The highest BCUT2D eigenvalue weighted by atomic mass is 35.5. The molecule has 1 aromatic heterocycles. The van der Waals surface area contributed by atoms with E-state index >= 15 is 0 Å². The topological polar surface area (TPSA) is 20.2 Å². The van der Waals surface area contributed by atoms with Gasteiger partial charge in [0.2, 0.25) is 0 Å². The molecule has 4 atom stereocenters. The summed E-state index contributed by atoms with van der Waals surface area (Å²) in [5.41, 5.74) is 1.10. The van der Waals surface area contributed by atoms with Crippen LogP contribution in [0.15, 0.2) is 6.07 Å². The van der Waals surface area contributed by atoms with Gasteiger partial charge in [0.05, 0.1) is 10.4 Å². The molecule has 2 fully saturated rings. The molecule has 106 valence electrons. The minimum absolute atomic E-state index is 0.293. The van der Waals surface area contributed by atoms with Gasteiger partial charge in [0.1, 0.15) is 0 Å². The van der Waals surface area contributed by atoms with E-state index in [1.165, 1.54) is 44.9 Å². The normalized spacial score (nSPS) is 32.9. The molecule has 0 aliphatic heterocycles. The van der Waals surface area contributed by atoms with Gasteiger partial charge >= 0.3 is 0 Å². The summed E-state index contributed by atoms with van der Waals surface area (Å²) in [7, 11) is 0. The first-order chi connectivity index (χ1) is 9.15. The highest BCUT2D eigenvalue weighted by molar-refractivity contribution is 7.16. The molecule has 1 nitrogen and oxygen atoms in total. The number of thiophene rings is 1. The lowest BCUT2D eigenvalue weighted by Gasteiger charge is -2.40. The number of rotatable bonds is 2. The Kier molecular flexibility index (Phi) is 4.21. The fourth-order valence-corrected chi connectivity index (χ4v) is 5.36. The Morgan fingerprint density at radius 1 is 1.21 bits per heavy atom. The lowest BCUT2D eigenvalue weighted by molar-refractivity contribution is 0.0368. The summed E-state index contributed by atoms with van der Waals surface area (Å²) in [5.74, 6) is 2.28. The summed E-state index contributed by atoms with van der Waals surface area (Å²) < 4.78 is 0.834. The van der Waals surface area contributed by atoms with E-state index in [-0.39, 0.29) is 6.10 Å². The fraction of sp³-hybridized carbons (Fsp3) is 0.750. The third kappa shape index (κ3) is 2.86. The minimum Gasteiger partial charge on any atom is -0.387 e. The summed E-state index contributed by atoms with van der Waals surface area (Å²) >= 11 is 7.69. The lowest BCUT2D eigenvalue weighted by atomic mass is 9.66. The molecule has 1 N–H and O–H groups in total. The second-order valence-electron chi connectivity index (χ2n) is 6.43. The Labute approximate surface area is 125 Å². The van der Waals surface area contributed by atoms with Crippen molar-refractivity contribution in [2.45, 2.75) is 58.0 Å². The number of hydrogen-bond donors (Lipinski definition) is 1. The summed E-state index contributed by atoms with van der Waals surface area (Å²) in [4.78, 5) is 1.07. The van der Waals surface area contributed by atoms with E-state index in [0.717, 1.165) is 26.6 Å². The van der Waals surface area contributed by atoms with Gasteiger partial charge in [-0.3, -0.25) is 0 Å². The summed E-state index contributed by atoms with van der Waals surface area (Å²) in [5, 5.41) is 10.6. The highest BCUT2D eigenvalue weighted by Crippen LogP contribution is 2.47. The van der Waals surface area contributed by atoms with E-state index < -0.39 is 0 Å².